The normalized spacial score (nSPS) is 31.9. The molecule has 6 atom stereocenters. The zero-order valence-corrected chi connectivity index (χ0v) is 22.6. The van der Waals surface area contributed by atoms with Crippen molar-refractivity contribution in [3.05, 3.63) is 12.2 Å². The van der Waals surface area contributed by atoms with E-state index in [0.29, 0.717) is 17.3 Å². The van der Waals surface area contributed by atoms with Crippen LogP contribution in [0.5, 0.6) is 0 Å². The highest BCUT2D eigenvalue weighted by Crippen LogP contribution is 2.37. The molecule has 3 N–H and O–H groups in total. The minimum Gasteiger partial charge on any atom is -0.396 e. The lowest BCUT2D eigenvalue weighted by Crippen LogP contribution is -2.34. The van der Waals surface area contributed by atoms with Gasteiger partial charge in [0, 0.05) is 18.4 Å². The first-order valence-corrected chi connectivity index (χ1v) is 14.2. The summed E-state index contributed by atoms with van der Waals surface area (Å²) in [6.45, 7) is 11.4. The number of hydrogen-bond donors (Lipinski definition) is 3. The van der Waals surface area contributed by atoms with Crippen LogP contribution in [-0.2, 0) is 0 Å². The summed E-state index contributed by atoms with van der Waals surface area (Å²) in [5.74, 6) is 1.36. The Balaban J connectivity index is 1.78. The van der Waals surface area contributed by atoms with E-state index in [1.54, 1.807) is 0 Å². The van der Waals surface area contributed by atoms with Gasteiger partial charge < -0.3 is 15.3 Å². The fraction of sp³-hybridized carbons (Fsp3) is 0.933. The zero-order valence-electron chi connectivity index (χ0n) is 22.6. The van der Waals surface area contributed by atoms with E-state index in [4.69, 9.17) is 0 Å². The molecule has 0 amide bonds. The third-order valence-electron chi connectivity index (χ3n) is 8.53. The number of rotatable bonds is 12. The molecule has 3 heteroatoms. The van der Waals surface area contributed by atoms with Gasteiger partial charge in [-0.1, -0.05) is 85.3 Å². The Kier molecular flexibility index (Phi) is 11.9. The lowest BCUT2D eigenvalue weighted by molar-refractivity contribution is 0.0248. The summed E-state index contributed by atoms with van der Waals surface area (Å²) in [6, 6.07) is 0. The molecule has 0 aromatic carbocycles. The Bertz CT molecular complexity index is 561. The number of unbranched alkanes of at least 4 members (excludes halogenated alkanes) is 2. The van der Waals surface area contributed by atoms with E-state index in [1.807, 2.05) is 0 Å². The summed E-state index contributed by atoms with van der Waals surface area (Å²) in [7, 11) is 0. The van der Waals surface area contributed by atoms with Crippen molar-refractivity contribution in [3.63, 3.8) is 0 Å². The summed E-state index contributed by atoms with van der Waals surface area (Å²) in [4.78, 5) is 0. The minimum atomic E-state index is -0.241. The molecule has 2 saturated carbocycles. The van der Waals surface area contributed by atoms with Crippen molar-refractivity contribution < 1.29 is 15.3 Å². The highest BCUT2D eigenvalue weighted by atomic mass is 16.3. The topological polar surface area (TPSA) is 60.7 Å². The summed E-state index contributed by atoms with van der Waals surface area (Å²) >= 11 is 0. The van der Waals surface area contributed by atoms with Crippen LogP contribution < -0.4 is 0 Å². The zero-order chi connectivity index (χ0) is 24.5. The smallest absolute Gasteiger partial charge is 0.0630 e. The van der Waals surface area contributed by atoms with E-state index in [2.05, 4.69) is 46.8 Å². The highest BCUT2D eigenvalue weighted by molar-refractivity contribution is 5.02. The first-order chi connectivity index (χ1) is 15.5. The summed E-state index contributed by atoms with van der Waals surface area (Å²) in [5, 5.41) is 31.5. The Morgan fingerprint density at radius 1 is 0.667 bits per heavy atom. The SMILES string of the molecule is CC(C)(C)CCCCC1CCCC(/C=C\C2CCCC(CCCCC(C)(C)CO)C2O)C1O. The van der Waals surface area contributed by atoms with Gasteiger partial charge in [-0.3, -0.25) is 0 Å². The minimum absolute atomic E-state index is 0.0156. The average Bonchev–Trinajstić information content (AvgIpc) is 2.75. The van der Waals surface area contributed by atoms with Crippen LogP contribution in [0, 0.1) is 34.5 Å². The standard InChI is InChI=1S/C30H56O3/c1-29(2,3)20-8-6-12-23-14-10-16-25(27(23)32)18-19-26-17-11-15-24(28(26)33)13-7-9-21-30(4,5)22-31/h18-19,23-28,31-33H,6-17,20-22H2,1-5H3/b19-18-. The van der Waals surface area contributed by atoms with Gasteiger partial charge in [-0.15, -0.1) is 0 Å². The van der Waals surface area contributed by atoms with Crippen LogP contribution >= 0.6 is 0 Å². The van der Waals surface area contributed by atoms with Crippen LogP contribution in [0.25, 0.3) is 0 Å². The fourth-order valence-corrected chi connectivity index (χ4v) is 6.10. The molecule has 0 saturated heterocycles. The van der Waals surface area contributed by atoms with E-state index in [-0.39, 0.29) is 36.1 Å². The van der Waals surface area contributed by atoms with Crippen molar-refractivity contribution in [2.24, 2.45) is 34.5 Å². The lowest BCUT2D eigenvalue weighted by Gasteiger charge is -2.36. The van der Waals surface area contributed by atoms with E-state index >= 15 is 0 Å². The van der Waals surface area contributed by atoms with Gasteiger partial charge in [0.05, 0.1) is 12.2 Å². The van der Waals surface area contributed by atoms with E-state index < -0.39 is 0 Å². The molecule has 0 aromatic heterocycles. The van der Waals surface area contributed by atoms with E-state index in [9.17, 15) is 15.3 Å². The molecule has 194 valence electrons. The molecule has 0 aliphatic heterocycles. The van der Waals surface area contributed by atoms with Crippen molar-refractivity contribution in [2.75, 3.05) is 6.61 Å². The van der Waals surface area contributed by atoms with Gasteiger partial charge in [-0.05, 0) is 74.0 Å². The van der Waals surface area contributed by atoms with Crippen molar-refractivity contribution in [3.8, 4) is 0 Å². The second-order valence-electron chi connectivity index (χ2n) is 13.5. The van der Waals surface area contributed by atoms with Gasteiger partial charge >= 0.3 is 0 Å². The quantitative estimate of drug-likeness (QED) is 0.210. The van der Waals surface area contributed by atoms with E-state index in [0.717, 1.165) is 51.4 Å². The Morgan fingerprint density at radius 2 is 1.12 bits per heavy atom. The molecule has 2 aliphatic carbocycles. The van der Waals surface area contributed by atoms with Crippen molar-refractivity contribution in [2.45, 2.75) is 137 Å². The molecule has 6 unspecified atom stereocenters. The van der Waals surface area contributed by atoms with Crippen LogP contribution in [0.2, 0.25) is 0 Å². The number of aliphatic hydroxyl groups excluding tert-OH is 3. The number of aliphatic hydroxyl groups is 3. The molecule has 0 bridgehead atoms. The monoisotopic (exact) mass is 464 g/mol. The summed E-state index contributed by atoms with van der Waals surface area (Å²) in [5.41, 5.74) is 0.424. The molecule has 0 radical (unpaired) electrons. The van der Waals surface area contributed by atoms with Gasteiger partial charge in [-0.2, -0.15) is 0 Å². The predicted octanol–water partition coefficient (Wildman–Crippen LogP) is 7.28. The maximum absolute atomic E-state index is 11.0. The molecule has 0 spiro atoms. The third kappa shape index (κ3) is 10.4. The Hall–Kier alpha value is -0.380. The molecular formula is C30H56O3. The van der Waals surface area contributed by atoms with Gasteiger partial charge in [0.25, 0.3) is 0 Å². The van der Waals surface area contributed by atoms with Gasteiger partial charge in [0.1, 0.15) is 0 Å². The third-order valence-corrected chi connectivity index (χ3v) is 8.53. The van der Waals surface area contributed by atoms with Crippen molar-refractivity contribution in [1.82, 2.24) is 0 Å². The fourth-order valence-electron chi connectivity index (χ4n) is 6.10. The molecule has 3 nitrogen and oxygen atoms in total. The Labute approximate surface area is 205 Å². The first kappa shape index (κ1) is 28.9. The lowest BCUT2D eigenvalue weighted by atomic mass is 9.73. The highest BCUT2D eigenvalue weighted by Gasteiger charge is 2.32. The molecule has 33 heavy (non-hydrogen) atoms. The van der Waals surface area contributed by atoms with Crippen LogP contribution in [0.4, 0.5) is 0 Å². The Morgan fingerprint density at radius 3 is 1.55 bits per heavy atom. The first-order valence-electron chi connectivity index (χ1n) is 14.2. The van der Waals surface area contributed by atoms with Gasteiger partial charge in [0.15, 0.2) is 0 Å². The summed E-state index contributed by atoms with van der Waals surface area (Å²) in [6.07, 6.45) is 20.3. The largest absolute Gasteiger partial charge is 0.396 e. The summed E-state index contributed by atoms with van der Waals surface area (Å²) < 4.78 is 0. The maximum Gasteiger partial charge on any atom is 0.0630 e. The average molecular weight is 465 g/mol. The van der Waals surface area contributed by atoms with Crippen LogP contribution in [0.3, 0.4) is 0 Å². The van der Waals surface area contributed by atoms with Gasteiger partial charge in [-0.25, -0.2) is 0 Å². The molecular weight excluding hydrogens is 408 g/mol. The molecule has 0 aromatic rings. The second kappa shape index (κ2) is 13.6. The molecule has 2 aliphatic rings. The van der Waals surface area contributed by atoms with Crippen LogP contribution in [-0.4, -0.2) is 34.1 Å². The predicted molar refractivity (Wildman–Crippen MR) is 140 cm³/mol. The van der Waals surface area contributed by atoms with Crippen molar-refractivity contribution in [1.29, 1.82) is 0 Å². The molecule has 2 rings (SSSR count). The molecule has 2 fully saturated rings. The second-order valence-corrected chi connectivity index (χ2v) is 13.5. The number of hydrogen-bond acceptors (Lipinski definition) is 3. The molecule has 0 heterocycles. The van der Waals surface area contributed by atoms with E-state index in [1.165, 1.54) is 38.5 Å². The maximum atomic E-state index is 11.0. The van der Waals surface area contributed by atoms with Crippen molar-refractivity contribution >= 4 is 0 Å². The van der Waals surface area contributed by atoms with Crippen LogP contribution in [0.1, 0.15) is 125 Å². The van der Waals surface area contributed by atoms with Crippen LogP contribution in [0.15, 0.2) is 12.2 Å². The van der Waals surface area contributed by atoms with Gasteiger partial charge in [0.2, 0.25) is 0 Å².